The minimum Gasteiger partial charge on any atom is -0.452 e. The number of esters is 1. The number of imide groups is 1. The van der Waals surface area contributed by atoms with Gasteiger partial charge in [-0.05, 0) is 53.5 Å². The average Bonchev–Trinajstić information content (AvgIpc) is 2.55. The minimum atomic E-state index is -0.720. The molecule has 2 aromatic carbocycles. The zero-order valence-corrected chi connectivity index (χ0v) is 15.3. The molecule has 25 heavy (non-hydrogen) atoms. The van der Waals surface area contributed by atoms with Gasteiger partial charge in [0.25, 0.3) is 5.91 Å². The van der Waals surface area contributed by atoms with Gasteiger partial charge in [0.1, 0.15) is 0 Å². The number of hydrogen-bond acceptors (Lipinski definition) is 4. The molecule has 2 rings (SSSR count). The van der Waals surface area contributed by atoms with Gasteiger partial charge in [-0.1, -0.05) is 29.8 Å². The Morgan fingerprint density at radius 2 is 1.80 bits per heavy atom. The summed E-state index contributed by atoms with van der Waals surface area (Å²) in [4.78, 5) is 35.5. The maximum atomic E-state index is 11.9. The summed E-state index contributed by atoms with van der Waals surface area (Å²) in [6.45, 7) is 3.24. The van der Waals surface area contributed by atoms with Crippen molar-refractivity contribution in [3.05, 3.63) is 63.6 Å². The lowest BCUT2D eigenvalue weighted by molar-refractivity contribution is -0.123. The molecule has 0 bridgehead atoms. The van der Waals surface area contributed by atoms with Gasteiger partial charge in [-0.2, -0.15) is 0 Å². The Hall–Kier alpha value is -2.67. The van der Waals surface area contributed by atoms with Gasteiger partial charge in [-0.3, -0.25) is 10.1 Å². The number of ether oxygens (including phenoxy) is 1. The number of carbonyl (C=O) groups is 3. The largest absolute Gasteiger partial charge is 0.452 e. The van der Waals surface area contributed by atoms with E-state index in [1.165, 1.54) is 0 Å². The highest BCUT2D eigenvalue weighted by molar-refractivity contribution is 9.10. The van der Waals surface area contributed by atoms with E-state index in [0.29, 0.717) is 15.7 Å². The van der Waals surface area contributed by atoms with E-state index in [4.69, 9.17) is 4.74 Å². The molecule has 130 valence electrons. The molecule has 0 aromatic heterocycles. The third kappa shape index (κ3) is 5.42. The van der Waals surface area contributed by atoms with Crippen LogP contribution in [-0.2, 0) is 9.53 Å². The highest BCUT2D eigenvalue weighted by Crippen LogP contribution is 2.17. The summed E-state index contributed by atoms with van der Waals surface area (Å²) in [5.74, 6) is -1.37. The molecule has 0 saturated heterocycles. The molecule has 0 unspecified atom stereocenters. The predicted molar refractivity (Wildman–Crippen MR) is 97.5 cm³/mol. The van der Waals surface area contributed by atoms with E-state index in [9.17, 15) is 14.4 Å². The number of carbonyl (C=O) groups excluding carboxylic acids is 3. The van der Waals surface area contributed by atoms with Gasteiger partial charge in [-0.25, -0.2) is 9.59 Å². The van der Waals surface area contributed by atoms with Crippen LogP contribution < -0.4 is 10.6 Å². The highest BCUT2D eigenvalue weighted by Gasteiger charge is 2.14. The Kier molecular flexibility index (Phi) is 6.30. The van der Waals surface area contributed by atoms with Crippen molar-refractivity contribution in [2.45, 2.75) is 13.8 Å². The van der Waals surface area contributed by atoms with Gasteiger partial charge in [-0.15, -0.1) is 0 Å². The zero-order chi connectivity index (χ0) is 18.4. The number of halogens is 1. The van der Waals surface area contributed by atoms with Gasteiger partial charge in [0.05, 0.1) is 5.56 Å². The molecular weight excluding hydrogens is 388 g/mol. The number of aryl methyl sites for hydroxylation is 2. The molecule has 2 N–H and O–H groups in total. The van der Waals surface area contributed by atoms with Crippen LogP contribution in [0, 0.1) is 13.8 Å². The predicted octanol–water partition coefficient (Wildman–Crippen LogP) is 3.57. The molecule has 0 heterocycles. The fourth-order valence-corrected chi connectivity index (χ4v) is 2.55. The molecule has 0 fully saturated rings. The highest BCUT2D eigenvalue weighted by atomic mass is 79.9. The van der Waals surface area contributed by atoms with E-state index >= 15 is 0 Å². The lowest BCUT2D eigenvalue weighted by atomic mass is 10.1. The monoisotopic (exact) mass is 404 g/mol. The van der Waals surface area contributed by atoms with Crippen molar-refractivity contribution in [3.8, 4) is 0 Å². The van der Waals surface area contributed by atoms with Crippen molar-refractivity contribution in [2.24, 2.45) is 0 Å². The Balaban J connectivity index is 1.84. The molecule has 0 aliphatic carbocycles. The standard InChI is InChI=1S/C18H17BrN2O4/c1-11-7-8-15(12(2)9-11)20-18(24)21-16(22)10-25-17(23)13-5-3-4-6-14(13)19/h3-9H,10H2,1-2H3,(H2,20,21,22,24). The molecule has 0 radical (unpaired) electrons. The van der Waals surface area contributed by atoms with E-state index in [2.05, 4.69) is 26.6 Å². The third-order valence-corrected chi connectivity index (χ3v) is 4.00. The van der Waals surface area contributed by atoms with Crippen LogP contribution in [0.15, 0.2) is 46.9 Å². The SMILES string of the molecule is Cc1ccc(NC(=O)NC(=O)COC(=O)c2ccccc2Br)c(C)c1. The van der Waals surface area contributed by atoms with E-state index in [-0.39, 0.29) is 0 Å². The second kappa shape index (κ2) is 8.43. The van der Waals surface area contributed by atoms with Crippen molar-refractivity contribution in [2.75, 3.05) is 11.9 Å². The first-order valence-corrected chi connectivity index (χ1v) is 8.26. The Morgan fingerprint density at radius 3 is 2.48 bits per heavy atom. The summed E-state index contributed by atoms with van der Waals surface area (Å²) in [5, 5.41) is 4.69. The van der Waals surface area contributed by atoms with Crippen molar-refractivity contribution < 1.29 is 19.1 Å². The van der Waals surface area contributed by atoms with Crippen molar-refractivity contribution in [1.82, 2.24) is 5.32 Å². The van der Waals surface area contributed by atoms with Crippen LogP contribution in [0.3, 0.4) is 0 Å². The van der Waals surface area contributed by atoms with E-state index in [1.54, 1.807) is 30.3 Å². The number of benzene rings is 2. The van der Waals surface area contributed by atoms with E-state index < -0.39 is 24.5 Å². The minimum absolute atomic E-state index is 0.301. The van der Waals surface area contributed by atoms with Crippen molar-refractivity contribution in [3.63, 3.8) is 0 Å². The van der Waals surface area contributed by atoms with Gasteiger partial charge in [0.2, 0.25) is 0 Å². The first kappa shape index (κ1) is 18.7. The molecule has 7 heteroatoms. The summed E-state index contributed by atoms with van der Waals surface area (Å²) in [5.41, 5.74) is 2.85. The summed E-state index contributed by atoms with van der Waals surface area (Å²) >= 11 is 3.23. The summed E-state index contributed by atoms with van der Waals surface area (Å²) in [7, 11) is 0. The number of hydrogen-bond donors (Lipinski definition) is 2. The van der Waals surface area contributed by atoms with Crippen molar-refractivity contribution >= 4 is 39.5 Å². The number of anilines is 1. The first-order valence-electron chi connectivity index (χ1n) is 7.46. The lowest BCUT2D eigenvalue weighted by Crippen LogP contribution is -2.37. The number of amides is 3. The van der Waals surface area contributed by atoms with E-state index in [0.717, 1.165) is 11.1 Å². The molecule has 6 nitrogen and oxygen atoms in total. The average molecular weight is 405 g/mol. The quantitative estimate of drug-likeness (QED) is 0.762. The second-order valence-corrected chi connectivity index (χ2v) is 6.23. The summed E-state index contributed by atoms with van der Waals surface area (Å²) in [6, 6.07) is 11.5. The van der Waals surface area contributed by atoms with Crippen LogP contribution in [-0.4, -0.2) is 24.5 Å². The first-order chi connectivity index (χ1) is 11.9. The van der Waals surface area contributed by atoms with Crippen molar-refractivity contribution in [1.29, 1.82) is 0 Å². The second-order valence-electron chi connectivity index (χ2n) is 5.38. The maximum Gasteiger partial charge on any atom is 0.339 e. The normalized spacial score (nSPS) is 10.0. The van der Waals surface area contributed by atoms with Gasteiger partial charge in [0, 0.05) is 10.2 Å². The molecule has 0 aliphatic heterocycles. The maximum absolute atomic E-state index is 11.9. The van der Waals surface area contributed by atoms with Gasteiger partial charge >= 0.3 is 12.0 Å². The van der Waals surface area contributed by atoms with Crippen LogP contribution in [0.25, 0.3) is 0 Å². The van der Waals surface area contributed by atoms with Crippen LogP contribution >= 0.6 is 15.9 Å². The lowest BCUT2D eigenvalue weighted by Gasteiger charge is -2.10. The Bertz CT molecular complexity index is 820. The number of urea groups is 1. The fourth-order valence-electron chi connectivity index (χ4n) is 2.11. The molecule has 0 saturated carbocycles. The Morgan fingerprint density at radius 1 is 1.08 bits per heavy atom. The molecular formula is C18H17BrN2O4. The molecule has 3 amide bonds. The van der Waals surface area contributed by atoms with Gasteiger partial charge in [0.15, 0.2) is 6.61 Å². The fraction of sp³-hybridized carbons (Fsp3) is 0.167. The summed E-state index contributed by atoms with van der Waals surface area (Å²) < 4.78 is 5.46. The van der Waals surface area contributed by atoms with Crippen LogP contribution in [0.5, 0.6) is 0 Å². The van der Waals surface area contributed by atoms with Crippen LogP contribution in [0.4, 0.5) is 10.5 Å². The Labute approximate surface area is 153 Å². The summed E-state index contributed by atoms with van der Waals surface area (Å²) in [6.07, 6.45) is 0. The number of nitrogens with one attached hydrogen (secondary N) is 2. The van der Waals surface area contributed by atoms with E-state index in [1.807, 2.05) is 26.0 Å². The number of rotatable bonds is 4. The van der Waals surface area contributed by atoms with Gasteiger partial charge < -0.3 is 10.1 Å². The molecule has 0 aliphatic rings. The molecule has 0 spiro atoms. The van der Waals surface area contributed by atoms with Crippen LogP contribution in [0.1, 0.15) is 21.5 Å². The zero-order valence-electron chi connectivity index (χ0n) is 13.8. The third-order valence-electron chi connectivity index (χ3n) is 3.31. The van der Waals surface area contributed by atoms with Crippen LogP contribution in [0.2, 0.25) is 0 Å². The molecule has 0 atom stereocenters. The topological polar surface area (TPSA) is 84.5 Å². The smallest absolute Gasteiger partial charge is 0.339 e. The molecule has 2 aromatic rings.